The first kappa shape index (κ1) is 25.4. The van der Waals surface area contributed by atoms with E-state index in [9.17, 15) is 18.0 Å². The highest BCUT2D eigenvalue weighted by atomic mass is 19.4. The molecule has 0 bridgehead atoms. The molecule has 2 heterocycles. The molecule has 0 atom stereocenters. The summed E-state index contributed by atoms with van der Waals surface area (Å²) in [5.74, 6) is 1.33. The number of aromatic nitrogens is 1. The largest absolute Gasteiger partial charge is 0.493 e. The van der Waals surface area contributed by atoms with Crippen molar-refractivity contribution in [1.82, 2.24) is 0 Å². The molecule has 0 aliphatic carbocycles. The predicted octanol–water partition coefficient (Wildman–Crippen LogP) is 5.54. The van der Waals surface area contributed by atoms with Crippen molar-refractivity contribution in [2.45, 2.75) is 25.6 Å². The van der Waals surface area contributed by atoms with Gasteiger partial charge in [0.25, 0.3) is 0 Å². The molecule has 4 aromatic rings. The molecule has 0 radical (unpaired) electrons. The molecular weight excluding hydrogens is 499 g/mol. The minimum absolute atomic E-state index is 0.190. The molecule has 0 N–H and O–H groups in total. The van der Waals surface area contributed by atoms with E-state index < -0.39 is 17.7 Å². The minimum Gasteiger partial charge on any atom is -0.493 e. The maximum atomic E-state index is 12.9. The lowest BCUT2D eigenvalue weighted by molar-refractivity contribution is -0.686. The van der Waals surface area contributed by atoms with Gasteiger partial charge in [-0.3, -0.25) is 4.79 Å². The van der Waals surface area contributed by atoms with Crippen LogP contribution in [0.2, 0.25) is 0 Å². The van der Waals surface area contributed by atoms with E-state index in [1.165, 1.54) is 19.2 Å². The Labute approximate surface area is 217 Å². The number of carbonyl (C=O) groups excluding carboxylic acids is 1. The third kappa shape index (κ3) is 4.71. The summed E-state index contributed by atoms with van der Waals surface area (Å²) >= 11 is 0. The normalized spacial score (nSPS) is 12.5. The highest BCUT2D eigenvalue weighted by molar-refractivity contribution is 5.94. The zero-order valence-electron chi connectivity index (χ0n) is 21.0. The van der Waals surface area contributed by atoms with E-state index in [4.69, 9.17) is 18.9 Å². The van der Waals surface area contributed by atoms with Crippen molar-refractivity contribution in [3.63, 3.8) is 0 Å². The van der Waals surface area contributed by atoms with Crippen molar-refractivity contribution in [3.05, 3.63) is 77.5 Å². The lowest BCUT2D eigenvalue weighted by Crippen LogP contribution is -2.40. The topological polar surface area (TPSA) is 57.9 Å². The summed E-state index contributed by atoms with van der Waals surface area (Å²) in [5.41, 5.74) is 2.78. The van der Waals surface area contributed by atoms with Crippen LogP contribution in [0.1, 0.15) is 16.7 Å². The first-order valence-electron chi connectivity index (χ1n) is 11.9. The summed E-state index contributed by atoms with van der Waals surface area (Å²) in [5, 5.41) is 1.51. The summed E-state index contributed by atoms with van der Waals surface area (Å²) in [6.45, 7) is 0.698. The van der Waals surface area contributed by atoms with E-state index in [0.29, 0.717) is 34.7 Å². The monoisotopic (exact) mass is 524 g/mol. The number of ether oxygens (including phenoxy) is 4. The smallest absolute Gasteiger partial charge is 0.416 e. The Bertz CT molecular complexity index is 1530. The fourth-order valence-electron chi connectivity index (χ4n) is 4.73. The van der Waals surface area contributed by atoms with Gasteiger partial charge in [-0.15, -0.1) is 0 Å². The number of carbonyl (C=O) groups is 1. The predicted molar refractivity (Wildman–Crippen MR) is 134 cm³/mol. The van der Waals surface area contributed by atoms with Crippen LogP contribution in [0.15, 0.2) is 60.8 Å². The van der Waals surface area contributed by atoms with E-state index in [1.54, 1.807) is 20.3 Å². The standard InChI is InChI=1S/C29H25F3NO5/c1-35-24-9-6-18-13-23-21-15-26(37-3)25(36-2)14-19(21)10-11-33(23)16-22(18)28(24)38-27(34)12-17-4-7-20(8-5-17)29(30,31)32/h4-9,13-16H,10-12H2,1-3H3/q+1. The molecule has 0 unspecified atom stereocenters. The SMILES string of the molecule is COc1cc2c(cc1OC)-c1cc3ccc(OC)c(OC(=O)Cc4ccc(C(F)(F)F)cc4)c3c[n+]1CC2. The Morgan fingerprint density at radius 3 is 2.24 bits per heavy atom. The maximum absolute atomic E-state index is 12.9. The lowest BCUT2D eigenvalue weighted by atomic mass is 9.95. The number of pyridine rings is 1. The second-order valence-corrected chi connectivity index (χ2v) is 8.91. The van der Waals surface area contributed by atoms with Crippen LogP contribution >= 0.6 is 0 Å². The first-order valence-corrected chi connectivity index (χ1v) is 11.9. The first-order chi connectivity index (χ1) is 18.2. The van der Waals surface area contributed by atoms with Gasteiger partial charge in [0.05, 0.1) is 44.3 Å². The zero-order valence-corrected chi connectivity index (χ0v) is 21.0. The number of esters is 1. The number of hydrogen-bond acceptors (Lipinski definition) is 5. The second-order valence-electron chi connectivity index (χ2n) is 8.91. The van der Waals surface area contributed by atoms with Crippen LogP contribution in [0, 0.1) is 0 Å². The number of alkyl halides is 3. The van der Waals surface area contributed by atoms with Gasteiger partial charge in [-0.1, -0.05) is 12.1 Å². The number of benzene rings is 3. The van der Waals surface area contributed by atoms with Crippen molar-refractivity contribution in [3.8, 4) is 34.3 Å². The van der Waals surface area contributed by atoms with Gasteiger partial charge in [-0.05, 0) is 52.9 Å². The van der Waals surface area contributed by atoms with Crippen LogP contribution in [0.4, 0.5) is 13.2 Å². The van der Waals surface area contributed by atoms with Crippen molar-refractivity contribution in [2.75, 3.05) is 21.3 Å². The summed E-state index contributed by atoms with van der Waals surface area (Å²) in [6.07, 6.45) is -1.94. The lowest BCUT2D eigenvalue weighted by Gasteiger charge is -2.19. The number of rotatable bonds is 6. The van der Waals surface area contributed by atoms with Gasteiger partial charge in [0, 0.05) is 12.5 Å². The Kier molecular flexibility index (Phi) is 6.60. The molecule has 1 aromatic heterocycles. The average molecular weight is 525 g/mol. The van der Waals surface area contributed by atoms with E-state index in [2.05, 4.69) is 4.57 Å². The number of hydrogen-bond donors (Lipinski definition) is 0. The molecule has 0 fully saturated rings. The van der Waals surface area contributed by atoms with Crippen LogP contribution in [0.3, 0.4) is 0 Å². The molecule has 0 spiro atoms. The van der Waals surface area contributed by atoms with Crippen molar-refractivity contribution >= 4 is 16.7 Å². The van der Waals surface area contributed by atoms with Gasteiger partial charge >= 0.3 is 12.1 Å². The van der Waals surface area contributed by atoms with Gasteiger partial charge in [0.1, 0.15) is 0 Å². The van der Waals surface area contributed by atoms with Crippen molar-refractivity contribution < 1.29 is 41.5 Å². The van der Waals surface area contributed by atoms with Crippen LogP contribution in [-0.4, -0.2) is 27.3 Å². The summed E-state index contributed by atoms with van der Waals surface area (Å²) in [4.78, 5) is 12.8. The summed E-state index contributed by atoms with van der Waals surface area (Å²) in [6, 6.07) is 14.0. The second kappa shape index (κ2) is 9.89. The minimum atomic E-state index is -4.44. The van der Waals surface area contributed by atoms with Crippen molar-refractivity contribution in [1.29, 1.82) is 0 Å². The fraction of sp³-hybridized carbons (Fsp3) is 0.241. The van der Waals surface area contributed by atoms with E-state index in [-0.39, 0.29) is 12.2 Å². The molecule has 1 aliphatic rings. The van der Waals surface area contributed by atoms with E-state index in [1.807, 2.05) is 30.5 Å². The van der Waals surface area contributed by atoms with E-state index in [0.717, 1.165) is 40.8 Å². The van der Waals surface area contributed by atoms with Crippen LogP contribution in [0.25, 0.3) is 22.0 Å². The molecule has 6 nitrogen and oxygen atoms in total. The van der Waals surface area contributed by atoms with Gasteiger partial charge < -0.3 is 18.9 Å². The number of fused-ring (bicyclic) bond motifs is 4. The van der Waals surface area contributed by atoms with Crippen LogP contribution in [-0.2, 0) is 30.4 Å². The molecule has 0 saturated carbocycles. The zero-order chi connectivity index (χ0) is 27.0. The highest BCUT2D eigenvalue weighted by Gasteiger charge is 2.30. The molecule has 196 valence electrons. The summed E-state index contributed by atoms with van der Waals surface area (Å²) in [7, 11) is 4.69. The molecule has 5 rings (SSSR count). The molecule has 0 amide bonds. The Hall–Kier alpha value is -4.27. The number of methoxy groups -OCH3 is 3. The molecule has 3 aromatic carbocycles. The van der Waals surface area contributed by atoms with E-state index >= 15 is 0 Å². The Morgan fingerprint density at radius 2 is 1.58 bits per heavy atom. The third-order valence-corrected chi connectivity index (χ3v) is 6.65. The third-order valence-electron chi connectivity index (χ3n) is 6.65. The molecule has 1 aliphatic heterocycles. The molecule has 0 saturated heterocycles. The summed E-state index contributed by atoms with van der Waals surface area (Å²) < 4.78 is 62.8. The quantitative estimate of drug-likeness (QED) is 0.188. The Morgan fingerprint density at radius 1 is 0.895 bits per heavy atom. The van der Waals surface area contributed by atoms with Gasteiger partial charge in [-0.2, -0.15) is 17.7 Å². The number of halogens is 3. The average Bonchev–Trinajstić information content (AvgIpc) is 2.91. The molecule has 38 heavy (non-hydrogen) atoms. The van der Waals surface area contributed by atoms with Gasteiger partial charge in [-0.25, -0.2) is 0 Å². The van der Waals surface area contributed by atoms with Crippen LogP contribution in [0.5, 0.6) is 23.0 Å². The maximum Gasteiger partial charge on any atom is 0.416 e. The number of aryl methyl sites for hydroxylation is 2. The van der Waals surface area contributed by atoms with Gasteiger partial charge in [0.15, 0.2) is 35.7 Å². The molecule has 9 heteroatoms. The van der Waals surface area contributed by atoms with Crippen LogP contribution < -0.4 is 23.5 Å². The fourth-order valence-corrected chi connectivity index (χ4v) is 4.73. The Balaban J connectivity index is 1.49. The number of nitrogens with zero attached hydrogens (tertiary/aromatic N) is 1. The van der Waals surface area contributed by atoms with Gasteiger partial charge in [0.2, 0.25) is 5.69 Å². The highest BCUT2D eigenvalue weighted by Crippen LogP contribution is 2.40. The molecular formula is C29H25F3NO5+. The van der Waals surface area contributed by atoms with Crippen molar-refractivity contribution in [2.24, 2.45) is 0 Å².